The average Bonchev–Trinajstić information content (AvgIpc) is 2.48. The van der Waals surface area contributed by atoms with Crippen LogP contribution in [0.5, 0.6) is 0 Å². The van der Waals surface area contributed by atoms with Crippen molar-refractivity contribution in [3.05, 3.63) is 0 Å². The fraction of sp³-hybridized carbons (Fsp3) is 0.875. The number of carbonyl (C=O) groups is 2. The maximum absolute atomic E-state index is 11.9. The molecule has 0 aromatic carbocycles. The van der Waals surface area contributed by atoms with Gasteiger partial charge in [-0.25, -0.2) is 0 Å². The summed E-state index contributed by atoms with van der Waals surface area (Å²) in [6.07, 6.45) is 7.44. The van der Waals surface area contributed by atoms with Gasteiger partial charge in [-0.05, 0) is 0 Å². The Hall–Kier alpha value is -0.541. The Kier molecular flexibility index (Phi) is 12.8. The molecule has 2 atom stereocenters. The first kappa shape index (κ1) is 20.5. The molecular formula is C16H30O4Se. The van der Waals surface area contributed by atoms with Gasteiger partial charge < -0.3 is 0 Å². The number of rotatable bonds is 12. The van der Waals surface area contributed by atoms with Gasteiger partial charge in [0.25, 0.3) is 0 Å². The molecule has 21 heavy (non-hydrogen) atoms. The van der Waals surface area contributed by atoms with E-state index in [0.717, 1.165) is 51.4 Å². The van der Waals surface area contributed by atoms with Gasteiger partial charge >= 0.3 is 136 Å². The number of carbonyl (C=O) groups excluding carboxylic acids is 2. The second-order valence-electron chi connectivity index (χ2n) is 5.37. The molecule has 0 aliphatic carbocycles. The molecule has 0 aliphatic heterocycles. The number of hydrogen-bond donors (Lipinski definition) is 0. The van der Waals surface area contributed by atoms with E-state index < -0.39 is 15.6 Å². The van der Waals surface area contributed by atoms with Crippen LogP contribution < -0.4 is 0 Å². The van der Waals surface area contributed by atoms with E-state index in [0.29, 0.717) is 0 Å². The van der Waals surface area contributed by atoms with Crippen LogP contribution >= 0.6 is 0 Å². The summed E-state index contributed by atoms with van der Waals surface area (Å²) in [4.78, 5) is 23.8. The molecule has 0 rings (SSSR count). The van der Waals surface area contributed by atoms with Crippen LogP contribution in [-0.2, 0) is 17.2 Å². The van der Waals surface area contributed by atoms with E-state index >= 15 is 0 Å². The second kappa shape index (κ2) is 13.1. The molecule has 0 saturated carbocycles. The van der Waals surface area contributed by atoms with E-state index in [1.165, 1.54) is 0 Å². The van der Waals surface area contributed by atoms with E-state index in [4.69, 9.17) is 7.64 Å². The van der Waals surface area contributed by atoms with Crippen molar-refractivity contribution in [3.63, 3.8) is 0 Å². The third kappa shape index (κ3) is 9.15. The molecule has 5 heteroatoms. The molecule has 0 radical (unpaired) electrons. The van der Waals surface area contributed by atoms with Crippen molar-refractivity contribution in [2.24, 2.45) is 11.8 Å². The van der Waals surface area contributed by atoms with Crippen LogP contribution in [0.2, 0.25) is 0 Å². The molecule has 2 unspecified atom stereocenters. The summed E-state index contributed by atoms with van der Waals surface area (Å²) in [6, 6.07) is 0. The van der Waals surface area contributed by atoms with E-state index in [9.17, 15) is 9.59 Å². The van der Waals surface area contributed by atoms with E-state index in [-0.39, 0.29) is 23.8 Å². The Labute approximate surface area is 136 Å². The summed E-state index contributed by atoms with van der Waals surface area (Å²) >= 11 is -0.826. The first-order chi connectivity index (χ1) is 10.1. The molecule has 4 nitrogen and oxygen atoms in total. The van der Waals surface area contributed by atoms with Gasteiger partial charge in [0.05, 0.1) is 0 Å². The molecule has 0 spiro atoms. The van der Waals surface area contributed by atoms with Gasteiger partial charge in [-0.1, -0.05) is 0 Å². The first-order valence-corrected chi connectivity index (χ1v) is 9.59. The summed E-state index contributed by atoms with van der Waals surface area (Å²) < 4.78 is 10.3. The molecule has 0 fully saturated rings. The van der Waals surface area contributed by atoms with E-state index in [1.807, 2.05) is 13.8 Å². The fourth-order valence-corrected chi connectivity index (χ4v) is 3.02. The summed E-state index contributed by atoms with van der Waals surface area (Å²) in [6.45, 7) is 8.17. The van der Waals surface area contributed by atoms with Crippen LogP contribution in [0.15, 0.2) is 0 Å². The predicted molar refractivity (Wildman–Crippen MR) is 84.6 cm³/mol. The topological polar surface area (TPSA) is 52.6 Å². The Morgan fingerprint density at radius 2 is 1.19 bits per heavy atom. The third-order valence-corrected chi connectivity index (χ3v) is 4.67. The Morgan fingerprint density at radius 1 is 0.810 bits per heavy atom. The summed E-state index contributed by atoms with van der Waals surface area (Å²) in [5, 5.41) is 0. The fourth-order valence-electron chi connectivity index (χ4n) is 2.10. The van der Waals surface area contributed by atoms with Gasteiger partial charge in [0.1, 0.15) is 0 Å². The predicted octanol–water partition coefficient (Wildman–Crippen LogP) is 4.04. The molecule has 0 aromatic heterocycles. The molecule has 0 amide bonds. The van der Waals surface area contributed by atoms with Crippen molar-refractivity contribution >= 4 is 27.6 Å². The van der Waals surface area contributed by atoms with Crippen molar-refractivity contribution in [2.75, 3.05) is 0 Å². The summed E-state index contributed by atoms with van der Waals surface area (Å²) in [7, 11) is 0. The van der Waals surface area contributed by atoms with Crippen LogP contribution in [0.1, 0.15) is 79.1 Å². The molecule has 0 aromatic rings. The summed E-state index contributed by atoms with van der Waals surface area (Å²) in [5.41, 5.74) is 0. The van der Waals surface area contributed by atoms with Crippen molar-refractivity contribution in [3.8, 4) is 0 Å². The molecular weight excluding hydrogens is 335 g/mol. The van der Waals surface area contributed by atoms with Crippen LogP contribution in [0.4, 0.5) is 0 Å². The van der Waals surface area contributed by atoms with Gasteiger partial charge in [0.2, 0.25) is 0 Å². The zero-order valence-corrected chi connectivity index (χ0v) is 15.6. The van der Waals surface area contributed by atoms with Crippen LogP contribution in [-0.4, -0.2) is 27.6 Å². The number of unbranched alkanes of at least 4 members (excludes halogenated alkanes) is 2. The summed E-state index contributed by atoms with van der Waals surface area (Å²) in [5.74, 6) is -0.569. The SMILES string of the molecule is CCCCC(CC)C(=O)O[Se]OC(=O)C(CC)CCCC. The standard InChI is InChI=1S/C16H30O4Se/c1-5-9-11-13(7-3)15(17)19-21-20-16(18)14(8-4)12-10-6-2/h13-14H,5-12H2,1-4H3. The van der Waals surface area contributed by atoms with Crippen LogP contribution in [0.3, 0.4) is 0 Å². The zero-order chi connectivity index (χ0) is 16.1. The van der Waals surface area contributed by atoms with Gasteiger partial charge in [-0.15, -0.1) is 0 Å². The van der Waals surface area contributed by atoms with Gasteiger partial charge in [-0.3, -0.25) is 0 Å². The quantitative estimate of drug-likeness (QED) is 0.490. The number of hydrogen-bond acceptors (Lipinski definition) is 4. The van der Waals surface area contributed by atoms with E-state index in [1.54, 1.807) is 0 Å². The monoisotopic (exact) mass is 366 g/mol. The van der Waals surface area contributed by atoms with Gasteiger partial charge in [0, 0.05) is 0 Å². The molecule has 124 valence electrons. The van der Waals surface area contributed by atoms with Crippen molar-refractivity contribution in [2.45, 2.75) is 79.1 Å². The Bertz CT molecular complexity index is 266. The maximum atomic E-state index is 11.9. The first-order valence-electron chi connectivity index (χ1n) is 8.19. The molecule has 0 saturated heterocycles. The van der Waals surface area contributed by atoms with E-state index in [2.05, 4.69) is 13.8 Å². The van der Waals surface area contributed by atoms with Gasteiger partial charge in [-0.2, -0.15) is 0 Å². The second-order valence-corrected chi connectivity index (χ2v) is 6.35. The van der Waals surface area contributed by atoms with Crippen LogP contribution in [0.25, 0.3) is 0 Å². The van der Waals surface area contributed by atoms with Crippen molar-refractivity contribution in [1.82, 2.24) is 0 Å². The van der Waals surface area contributed by atoms with Gasteiger partial charge in [0.15, 0.2) is 0 Å². The minimum absolute atomic E-state index is 0.0624. The third-order valence-electron chi connectivity index (χ3n) is 3.70. The zero-order valence-electron chi connectivity index (χ0n) is 13.9. The molecule has 0 bridgehead atoms. The Balaban J connectivity index is 4.04. The molecule has 0 aliphatic rings. The average molecular weight is 365 g/mol. The normalized spacial score (nSPS) is 13.5. The van der Waals surface area contributed by atoms with Crippen molar-refractivity contribution < 1.29 is 17.2 Å². The molecule has 0 N–H and O–H groups in total. The Morgan fingerprint density at radius 3 is 1.48 bits per heavy atom. The van der Waals surface area contributed by atoms with Crippen LogP contribution in [0, 0.1) is 11.8 Å². The van der Waals surface area contributed by atoms with Crippen molar-refractivity contribution in [1.29, 1.82) is 0 Å². The minimum atomic E-state index is -0.826. The molecule has 0 heterocycles.